The van der Waals surface area contributed by atoms with Gasteiger partial charge in [-0.15, -0.1) is 0 Å². The Morgan fingerprint density at radius 2 is 2.27 bits per heavy atom. The maximum absolute atomic E-state index is 11.7. The van der Waals surface area contributed by atoms with Gasteiger partial charge in [-0.25, -0.2) is 4.98 Å². The minimum Gasteiger partial charge on any atom is -0.295 e. The molecule has 3 nitrogen and oxygen atoms in total. The van der Waals surface area contributed by atoms with Crippen LogP contribution in [0.3, 0.4) is 0 Å². The maximum Gasteiger partial charge on any atom is 0.309 e. The van der Waals surface area contributed by atoms with Crippen LogP contribution in [0.25, 0.3) is 10.3 Å². The average Bonchev–Trinajstić information content (AvgIpc) is 2.52. The van der Waals surface area contributed by atoms with Crippen molar-refractivity contribution >= 4 is 21.7 Å². The molecule has 0 saturated heterocycles. The summed E-state index contributed by atoms with van der Waals surface area (Å²) < 4.78 is 1.81. The fourth-order valence-electron chi connectivity index (χ4n) is 1.65. The van der Waals surface area contributed by atoms with Crippen molar-refractivity contribution < 1.29 is 0 Å². The second-order valence-corrected chi connectivity index (χ2v) is 4.79. The Kier molecular flexibility index (Phi) is 2.61. The monoisotopic (exact) mass is 222 g/mol. The predicted octanol–water partition coefficient (Wildman–Crippen LogP) is 2.60. The van der Waals surface area contributed by atoms with Crippen LogP contribution in [0.4, 0.5) is 0 Å². The van der Waals surface area contributed by atoms with E-state index in [1.165, 1.54) is 16.9 Å². The molecule has 0 bridgehead atoms. The summed E-state index contributed by atoms with van der Waals surface area (Å²) in [5, 5.41) is 0. The van der Waals surface area contributed by atoms with Crippen LogP contribution in [0, 0.1) is 0 Å². The lowest BCUT2D eigenvalue weighted by molar-refractivity contribution is 0.610. The topological polar surface area (TPSA) is 34.9 Å². The Hall–Kier alpha value is -1.16. The lowest BCUT2D eigenvalue weighted by atomic mass is 10.2. The Bertz CT molecular complexity index is 539. The zero-order chi connectivity index (χ0) is 11.0. The van der Waals surface area contributed by atoms with Crippen LogP contribution in [0.1, 0.15) is 32.4 Å². The SMILES string of the molecule is CCc1cnc2sc(=O)n(C(C)C)c2c1. The zero-order valence-corrected chi connectivity index (χ0v) is 9.97. The third kappa shape index (κ3) is 1.69. The highest BCUT2D eigenvalue weighted by molar-refractivity contribution is 7.16. The Morgan fingerprint density at radius 1 is 1.53 bits per heavy atom. The molecular formula is C11H14N2OS. The Balaban J connectivity index is 2.78. The molecule has 0 amide bonds. The number of thiazole rings is 1. The quantitative estimate of drug-likeness (QED) is 0.782. The van der Waals surface area contributed by atoms with Crippen LogP contribution in [0.5, 0.6) is 0 Å². The van der Waals surface area contributed by atoms with Gasteiger partial charge in [-0.05, 0) is 31.9 Å². The van der Waals surface area contributed by atoms with E-state index in [2.05, 4.69) is 18.0 Å². The molecule has 15 heavy (non-hydrogen) atoms. The molecule has 0 aliphatic carbocycles. The third-order valence-corrected chi connectivity index (χ3v) is 3.33. The van der Waals surface area contributed by atoms with Gasteiger partial charge in [-0.2, -0.15) is 0 Å². The summed E-state index contributed by atoms with van der Waals surface area (Å²) in [4.78, 5) is 17.0. The fourth-order valence-corrected chi connectivity index (χ4v) is 2.59. The summed E-state index contributed by atoms with van der Waals surface area (Å²) in [5.74, 6) is 0. The van der Waals surface area contributed by atoms with Gasteiger partial charge in [0, 0.05) is 12.2 Å². The van der Waals surface area contributed by atoms with Gasteiger partial charge in [-0.3, -0.25) is 9.36 Å². The summed E-state index contributed by atoms with van der Waals surface area (Å²) in [6, 6.07) is 2.26. The zero-order valence-electron chi connectivity index (χ0n) is 9.15. The minimum absolute atomic E-state index is 0.0840. The lowest BCUT2D eigenvalue weighted by Crippen LogP contribution is -2.14. The largest absolute Gasteiger partial charge is 0.309 e. The van der Waals surface area contributed by atoms with Crippen molar-refractivity contribution in [1.82, 2.24) is 9.55 Å². The van der Waals surface area contributed by atoms with Crippen LogP contribution in [0.2, 0.25) is 0 Å². The molecular weight excluding hydrogens is 208 g/mol. The lowest BCUT2D eigenvalue weighted by Gasteiger charge is -2.07. The summed E-state index contributed by atoms with van der Waals surface area (Å²) in [6.45, 7) is 6.13. The standard InChI is InChI=1S/C11H14N2OS/c1-4-8-5-9-10(12-6-8)15-11(14)13(9)7(2)3/h5-7H,4H2,1-3H3. The van der Waals surface area contributed by atoms with Gasteiger partial charge in [0.2, 0.25) is 0 Å². The molecule has 0 unspecified atom stereocenters. The van der Waals surface area contributed by atoms with Gasteiger partial charge in [0.05, 0.1) is 5.52 Å². The highest BCUT2D eigenvalue weighted by Crippen LogP contribution is 2.19. The van der Waals surface area contributed by atoms with Gasteiger partial charge < -0.3 is 0 Å². The van der Waals surface area contributed by atoms with Crippen LogP contribution in [-0.4, -0.2) is 9.55 Å². The van der Waals surface area contributed by atoms with Crippen LogP contribution in [0.15, 0.2) is 17.1 Å². The molecule has 2 rings (SSSR count). The molecule has 80 valence electrons. The average molecular weight is 222 g/mol. The number of hydrogen-bond donors (Lipinski definition) is 0. The second-order valence-electron chi connectivity index (χ2n) is 3.85. The van der Waals surface area contributed by atoms with Crippen LogP contribution in [-0.2, 0) is 6.42 Å². The molecule has 0 atom stereocenters. The molecule has 0 aliphatic rings. The highest BCUT2D eigenvalue weighted by Gasteiger charge is 2.11. The molecule has 0 aliphatic heterocycles. The van der Waals surface area contributed by atoms with Gasteiger partial charge in [0.25, 0.3) is 0 Å². The number of rotatable bonds is 2. The number of nitrogens with zero attached hydrogens (tertiary/aromatic N) is 2. The third-order valence-electron chi connectivity index (χ3n) is 2.45. The number of aromatic nitrogens is 2. The van der Waals surface area contributed by atoms with E-state index in [-0.39, 0.29) is 10.9 Å². The van der Waals surface area contributed by atoms with E-state index in [0.717, 1.165) is 16.8 Å². The van der Waals surface area contributed by atoms with Gasteiger partial charge in [0.15, 0.2) is 0 Å². The van der Waals surface area contributed by atoms with E-state index in [9.17, 15) is 4.79 Å². The first-order chi connectivity index (χ1) is 7.13. The van der Waals surface area contributed by atoms with E-state index in [1.54, 1.807) is 0 Å². The number of pyridine rings is 1. The predicted molar refractivity (Wildman–Crippen MR) is 63.6 cm³/mol. The summed E-state index contributed by atoms with van der Waals surface area (Å²) in [7, 11) is 0. The van der Waals surface area contributed by atoms with Crippen molar-refractivity contribution in [1.29, 1.82) is 0 Å². The van der Waals surface area contributed by atoms with Crippen molar-refractivity contribution in [2.45, 2.75) is 33.2 Å². The van der Waals surface area contributed by atoms with Crippen molar-refractivity contribution in [2.75, 3.05) is 0 Å². The molecule has 0 spiro atoms. The summed E-state index contributed by atoms with van der Waals surface area (Å²) >= 11 is 1.22. The molecule has 0 saturated carbocycles. The van der Waals surface area contributed by atoms with E-state index in [4.69, 9.17) is 0 Å². The molecule has 2 aromatic rings. The smallest absolute Gasteiger partial charge is 0.295 e. The first kappa shape index (κ1) is 10.4. The van der Waals surface area contributed by atoms with E-state index in [0.29, 0.717) is 0 Å². The van der Waals surface area contributed by atoms with Gasteiger partial charge in [-0.1, -0.05) is 18.3 Å². The molecule has 0 aromatic carbocycles. The first-order valence-corrected chi connectivity index (χ1v) is 5.95. The normalized spacial score (nSPS) is 11.5. The van der Waals surface area contributed by atoms with Crippen molar-refractivity contribution in [3.8, 4) is 0 Å². The van der Waals surface area contributed by atoms with Crippen molar-refractivity contribution in [3.05, 3.63) is 27.5 Å². The number of hydrogen-bond acceptors (Lipinski definition) is 3. The van der Waals surface area contributed by atoms with E-state index in [1.807, 2.05) is 24.6 Å². The second kappa shape index (κ2) is 3.77. The first-order valence-electron chi connectivity index (χ1n) is 5.13. The fraction of sp³-hybridized carbons (Fsp3) is 0.455. The molecule has 2 aromatic heterocycles. The summed E-state index contributed by atoms with van der Waals surface area (Å²) in [5.41, 5.74) is 2.15. The van der Waals surface area contributed by atoms with Gasteiger partial charge in [0.1, 0.15) is 4.83 Å². The Labute approximate surface area is 92.4 Å². The van der Waals surface area contributed by atoms with Crippen LogP contribution >= 0.6 is 11.3 Å². The van der Waals surface area contributed by atoms with Crippen molar-refractivity contribution in [2.24, 2.45) is 0 Å². The molecule has 4 heteroatoms. The molecule has 0 N–H and O–H groups in total. The minimum atomic E-state index is 0.0840. The van der Waals surface area contributed by atoms with E-state index >= 15 is 0 Å². The maximum atomic E-state index is 11.7. The highest BCUT2D eigenvalue weighted by atomic mass is 32.1. The molecule has 0 radical (unpaired) electrons. The van der Waals surface area contributed by atoms with Gasteiger partial charge >= 0.3 is 4.87 Å². The van der Waals surface area contributed by atoms with E-state index < -0.39 is 0 Å². The number of fused-ring (bicyclic) bond motifs is 1. The van der Waals surface area contributed by atoms with Crippen LogP contribution < -0.4 is 4.87 Å². The summed E-state index contributed by atoms with van der Waals surface area (Å²) in [6.07, 6.45) is 2.80. The Morgan fingerprint density at radius 3 is 2.87 bits per heavy atom. The van der Waals surface area contributed by atoms with Crippen molar-refractivity contribution in [3.63, 3.8) is 0 Å². The number of aryl methyl sites for hydroxylation is 1. The molecule has 2 heterocycles. The molecule has 0 fully saturated rings.